The van der Waals surface area contributed by atoms with Crippen LogP contribution in [0, 0.1) is 6.92 Å². The number of carbonyl (C=O) groups excluding carboxylic acids is 1. The summed E-state index contributed by atoms with van der Waals surface area (Å²) in [5.74, 6) is 2.04. The van der Waals surface area contributed by atoms with Gasteiger partial charge < -0.3 is 9.15 Å². The highest BCUT2D eigenvalue weighted by atomic mass is 16.5. The first kappa shape index (κ1) is 18.7. The smallest absolute Gasteiger partial charge is 0.189 e. The number of nitrogens with zero attached hydrogens (tertiary/aromatic N) is 2. The van der Waals surface area contributed by atoms with Crippen molar-refractivity contribution in [3.05, 3.63) is 77.0 Å². The van der Waals surface area contributed by atoms with Gasteiger partial charge in [0.15, 0.2) is 5.78 Å². The Hall–Kier alpha value is -3.08. The quantitative estimate of drug-likeness (QED) is 0.424. The third kappa shape index (κ3) is 4.56. The lowest BCUT2D eigenvalue weighted by Crippen LogP contribution is -2.01. The van der Waals surface area contributed by atoms with Gasteiger partial charge in [0.2, 0.25) is 0 Å². The third-order valence-electron chi connectivity index (χ3n) is 4.46. The van der Waals surface area contributed by atoms with Crippen molar-refractivity contribution in [2.24, 2.45) is 0 Å². The first-order valence-corrected chi connectivity index (χ1v) is 9.16. The number of hydrogen-bond acceptors (Lipinski definition) is 4. The summed E-state index contributed by atoms with van der Waals surface area (Å²) in [6.07, 6.45) is 5.80. The van der Waals surface area contributed by atoms with Gasteiger partial charge >= 0.3 is 0 Å². The van der Waals surface area contributed by atoms with E-state index in [9.17, 15) is 4.79 Å². The topological polar surface area (TPSA) is 57.3 Å². The summed E-state index contributed by atoms with van der Waals surface area (Å²) < 4.78 is 13.2. The Balaban J connectivity index is 1.58. The lowest BCUT2D eigenvalue weighted by Gasteiger charge is -2.04. The summed E-state index contributed by atoms with van der Waals surface area (Å²) in [6.45, 7) is 7.10. The number of carbonyl (C=O) groups is 1. The Kier molecular flexibility index (Phi) is 5.91. The summed E-state index contributed by atoms with van der Waals surface area (Å²) in [5, 5.41) is 4.20. The monoisotopic (exact) mass is 364 g/mol. The summed E-state index contributed by atoms with van der Waals surface area (Å²) >= 11 is 0. The molecular formula is C22H24N2O3. The van der Waals surface area contributed by atoms with E-state index in [-0.39, 0.29) is 5.78 Å². The Morgan fingerprint density at radius 2 is 1.96 bits per heavy atom. The summed E-state index contributed by atoms with van der Waals surface area (Å²) in [4.78, 5) is 12.3. The van der Waals surface area contributed by atoms with Crippen LogP contribution in [0.15, 0.2) is 53.1 Å². The van der Waals surface area contributed by atoms with Crippen molar-refractivity contribution in [2.45, 2.75) is 40.3 Å². The highest BCUT2D eigenvalue weighted by molar-refractivity contribution is 6.07. The number of ketones is 1. The predicted molar refractivity (Wildman–Crippen MR) is 105 cm³/mol. The van der Waals surface area contributed by atoms with Crippen LogP contribution in [-0.4, -0.2) is 15.6 Å². The van der Waals surface area contributed by atoms with Gasteiger partial charge in [-0.1, -0.05) is 19.1 Å². The molecule has 0 radical (unpaired) electrons. The van der Waals surface area contributed by atoms with Crippen molar-refractivity contribution in [1.82, 2.24) is 9.78 Å². The van der Waals surface area contributed by atoms with Crippen molar-refractivity contribution in [3.63, 3.8) is 0 Å². The molecule has 140 valence electrons. The van der Waals surface area contributed by atoms with Gasteiger partial charge in [0.1, 0.15) is 23.9 Å². The van der Waals surface area contributed by atoms with E-state index < -0.39 is 0 Å². The molecule has 3 rings (SSSR count). The molecule has 2 aromatic heterocycles. The fraction of sp³-hybridized carbons (Fsp3) is 0.273. The van der Waals surface area contributed by atoms with Crippen LogP contribution in [0.4, 0.5) is 0 Å². The molecule has 0 fully saturated rings. The number of aromatic nitrogens is 2. The molecule has 0 atom stereocenters. The number of ether oxygens (including phenoxy) is 1. The average Bonchev–Trinajstić information content (AvgIpc) is 3.31. The van der Waals surface area contributed by atoms with Crippen molar-refractivity contribution >= 4 is 11.9 Å². The molecule has 0 unspecified atom stereocenters. The van der Waals surface area contributed by atoms with Crippen LogP contribution in [0.25, 0.3) is 6.08 Å². The molecule has 0 spiro atoms. The fourth-order valence-corrected chi connectivity index (χ4v) is 2.79. The second-order valence-corrected chi connectivity index (χ2v) is 6.25. The first-order chi connectivity index (χ1) is 13.1. The molecule has 0 aliphatic heterocycles. The van der Waals surface area contributed by atoms with Gasteiger partial charge in [-0.05, 0) is 62.2 Å². The molecule has 0 amide bonds. The molecule has 0 N–H and O–H groups in total. The van der Waals surface area contributed by atoms with E-state index in [0.717, 1.165) is 24.4 Å². The second kappa shape index (κ2) is 8.54. The van der Waals surface area contributed by atoms with Crippen molar-refractivity contribution < 1.29 is 13.9 Å². The van der Waals surface area contributed by atoms with Crippen LogP contribution in [-0.2, 0) is 19.6 Å². The lowest BCUT2D eigenvalue weighted by molar-refractivity contribution is 0.104. The number of benzene rings is 1. The zero-order valence-corrected chi connectivity index (χ0v) is 15.9. The van der Waals surface area contributed by atoms with Crippen LogP contribution < -0.4 is 4.74 Å². The van der Waals surface area contributed by atoms with E-state index in [1.54, 1.807) is 17.0 Å². The van der Waals surface area contributed by atoms with E-state index in [4.69, 9.17) is 9.15 Å². The molecule has 0 saturated carbocycles. The summed E-state index contributed by atoms with van der Waals surface area (Å²) in [5.41, 5.74) is 2.76. The Morgan fingerprint density at radius 1 is 1.19 bits per heavy atom. The maximum Gasteiger partial charge on any atom is 0.189 e. The van der Waals surface area contributed by atoms with Gasteiger partial charge in [-0.25, -0.2) is 0 Å². The van der Waals surface area contributed by atoms with Gasteiger partial charge in [0.25, 0.3) is 0 Å². The zero-order valence-electron chi connectivity index (χ0n) is 15.9. The zero-order chi connectivity index (χ0) is 19.2. The Labute approximate surface area is 159 Å². The Bertz CT molecular complexity index is 933. The van der Waals surface area contributed by atoms with E-state index in [0.29, 0.717) is 23.7 Å². The maximum atomic E-state index is 12.3. The predicted octanol–water partition coefficient (Wildman–Crippen LogP) is 4.84. The number of allylic oxidation sites excluding steroid dienone is 1. The molecule has 5 heteroatoms. The lowest BCUT2D eigenvalue weighted by atomic mass is 10.1. The number of hydrogen-bond donors (Lipinski definition) is 0. The molecule has 27 heavy (non-hydrogen) atoms. The van der Waals surface area contributed by atoms with Crippen LogP contribution in [0.2, 0.25) is 0 Å². The normalized spacial score (nSPS) is 11.2. The third-order valence-corrected chi connectivity index (χ3v) is 4.46. The molecule has 3 aromatic rings. The fourth-order valence-electron chi connectivity index (χ4n) is 2.79. The van der Waals surface area contributed by atoms with E-state index in [1.165, 1.54) is 11.6 Å². The summed E-state index contributed by atoms with van der Waals surface area (Å²) in [7, 11) is 0. The molecular weight excluding hydrogens is 340 g/mol. The second-order valence-electron chi connectivity index (χ2n) is 6.25. The number of rotatable bonds is 8. The van der Waals surface area contributed by atoms with Gasteiger partial charge in [0.05, 0.1) is 11.8 Å². The van der Waals surface area contributed by atoms with Gasteiger partial charge in [0, 0.05) is 12.2 Å². The molecule has 0 aliphatic rings. The maximum absolute atomic E-state index is 12.3. The average molecular weight is 364 g/mol. The molecule has 1 aromatic carbocycles. The highest BCUT2D eigenvalue weighted by Gasteiger charge is 2.11. The molecule has 5 nitrogen and oxygen atoms in total. The SMILES string of the molecule is CCc1ccc(OCc2ccc(/C=C/C(=O)c3cnn(CC)c3C)o2)cc1. The van der Waals surface area contributed by atoms with Crippen molar-refractivity contribution in [3.8, 4) is 5.75 Å². The van der Waals surface area contributed by atoms with Crippen LogP contribution >= 0.6 is 0 Å². The highest BCUT2D eigenvalue weighted by Crippen LogP contribution is 2.17. The molecule has 2 heterocycles. The van der Waals surface area contributed by atoms with E-state index >= 15 is 0 Å². The molecule has 0 bridgehead atoms. The first-order valence-electron chi connectivity index (χ1n) is 9.16. The van der Waals surface area contributed by atoms with Gasteiger partial charge in [-0.2, -0.15) is 5.10 Å². The van der Waals surface area contributed by atoms with Crippen molar-refractivity contribution in [2.75, 3.05) is 0 Å². The minimum Gasteiger partial charge on any atom is -0.486 e. The van der Waals surface area contributed by atoms with Crippen LogP contribution in [0.1, 0.15) is 47.0 Å². The summed E-state index contributed by atoms with van der Waals surface area (Å²) in [6, 6.07) is 11.7. The molecule has 0 saturated heterocycles. The van der Waals surface area contributed by atoms with Crippen LogP contribution in [0.3, 0.4) is 0 Å². The molecule has 0 aliphatic carbocycles. The largest absolute Gasteiger partial charge is 0.486 e. The minimum atomic E-state index is -0.0857. The standard InChI is InChI=1S/C22H24N2O3/c1-4-17-6-8-18(9-7-17)26-15-20-11-10-19(27-20)12-13-22(25)21-14-23-24(5-2)16(21)3/h6-14H,4-5,15H2,1-3H3/b13-12+. The van der Waals surface area contributed by atoms with E-state index in [2.05, 4.69) is 24.2 Å². The van der Waals surface area contributed by atoms with Gasteiger partial charge in [-0.15, -0.1) is 0 Å². The number of aryl methyl sites for hydroxylation is 2. The number of furan rings is 1. The van der Waals surface area contributed by atoms with E-state index in [1.807, 2.05) is 38.1 Å². The van der Waals surface area contributed by atoms with Gasteiger partial charge in [-0.3, -0.25) is 9.48 Å². The van der Waals surface area contributed by atoms with Crippen molar-refractivity contribution in [1.29, 1.82) is 0 Å². The minimum absolute atomic E-state index is 0.0857. The Morgan fingerprint density at radius 3 is 2.63 bits per heavy atom. The van der Waals surface area contributed by atoms with Crippen LogP contribution in [0.5, 0.6) is 5.75 Å².